The van der Waals surface area contributed by atoms with Gasteiger partial charge in [0.25, 0.3) is 0 Å². The molecule has 0 N–H and O–H groups in total. The molecular formula is C20H21N3OS. The summed E-state index contributed by atoms with van der Waals surface area (Å²) < 4.78 is 5.47. The van der Waals surface area contributed by atoms with Crippen LogP contribution >= 0.6 is 11.3 Å². The number of hydrogen-bond acceptors (Lipinski definition) is 5. The molecule has 1 atom stereocenters. The number of rotatable bonds is 5. The zero-order valence-electron chi connectivity index (χ0n) is 14.3. The number of ether oxygens (including phenoxy) is 1. The lowest BCUT2D eigenvalue weighted by molar-refractivity contribution is 0.246. The first-order valence-corrected chi connectivity index (χ1v) is 9.40. The zero-order valence-corrected chi connectivity index (χ0v) is 15.1. The fraction of sp³-hybridized carbons (Fsp3) is 0.300. The van der Waals surface area contributed by atoms with Gasteiger partial charge in [-0.15, -0.1) is 11.3 Å². The van der Waals surface area contributed by atoms with Crippen LogP contribution in [0.4, 0.5) is 0 Å². The summed E-state index contributed by atoms with van der Waals surface area (Å²) in [6, 6.07) is 14.7. The number of likely N-dealkylation sites (tertiary alicyclic amines) is 1. The van der Waals surface area contributed by atoms with Crippen molar-refractivity contribution in [3.63, 3.8) is 0 Å². The Labute approximate surface area is 152 Å². The maximum atomic E-state index is 5.47. The lowest BCUT2D eigenvalue weighted by atomic mass is 10.1. The second-order valence-electron chi connectivity index (χ2n) is 6.22. The van der Waals surface area contributed by atoms with Crippen LogP contribution in [0.25, 0.3) is 10.6 Å². The van der Waals surface area contributed by atoms with Crippen molar-refractivity contribution in [3.8, 4) is 16.3 Å². The highest BCUT2D eigenvalue weighted by Gasteiger charge is 2.27. The van der Waals surface area contributed by atoms with E-state index < -0.39 is 0 Å². The summed E-state index contributed by atoms with van der Waals surface area (Å²) in [5, 5.41) is 1.01. The Kier molecular flexibility index (Phi) is 4.76. The van der Waals surface area contributed by atoms with Crippen molar-refractivity contribution in [3.05, 3.63) is 65.4 Å². The Hall–Kier alpha value is -2.24. The van der Waals surface area contributed by atoms with E-state index in [0.29, 0.717) is 6.04 Å². The minimum absolute atomic E-state index is 0.415. The summed E-state index contributed by atoms with van der Waals surface area (Å²) in [7, 11) is 1.70. The molecule has 3 aromatic rings. The van der Waals surface area contributed by atoms with Crippen LogP contribution in [0, 0.1) is 0 Å². The topological polar surface area (TPSA) is 38.2 Å². The number of methoxy groups -OCH3 is 1. The highest BCUT2D eigenvalue weighted by molar-refractivity contribution is 7.15. The van der Waals surface area contributed by atoms with Crippen molar-refractivity contribution >= 4 is 11.3 Å². The van der Waals surface area contributed by atoms with E-state index in [1.54, 1.807) is 18.4 Å². The average molecular weight is 351 g/mol. The fourth-order valence-electron chi connectivity index (χ4n) is 3.45. The van der Waals surface area contributed by atoms with E-state index >= 15 is 0 Å². The highest BCUT2D eigenvalue weighted by Crippen LogP contribution is 2.36. The molecule has 2 aromatic heterocycles. The van der Waals surface area contributed by atoms with Gasteiger partial charge in [-0.05, 0) is 43.7 Å². The van der Waals surface area contributed by atoms with Gasteiger partial charge in [0.2, 0.25) is 0 Å². The van der Waals surface area contributed by atoms with Crippen LogP contribution in [-0.2, 0) is 6.54 Å². The molecule has 25 heavy (non-hydrogen) atoms. The van der Waals surface area contributed by atoms with E-state index in [4.69, 9.17) is 4.74 Å². The average Bonchev–Trinajstić information content (AvgIpc) is 3.32. The molecule has 1 fully saturated rings. The summed E-state index contributed by atoms with van der Waals surface area (Å²) >= 11 is 1.75. The van der Waals surface area contributed by atoms with Crippen LogP contribution in [0.15, 0.2) is 54.9 Å². The van der Waals surface area contributed by atoms with Crippen molar-refractivity contribution < 1.29 is 4.74 Å². The van der Waals surface area contributed by atoms with Gasteiger partial charge in [-0.2, -0.15) is 0 Å². The zero-order chi connectivity index (χ0) is 17.1. The third-order valence-electron chi connectivity index (χ3n) is 4.64. The molecule has 3 heterocycles. The predicted molar refractivity (Wildman–Crippen MR) is 101 cm³/mol. The van der Waals surface area contributed by atoms with Gasteiger partial charge in [-0.25, -0.2) is 4.98 Å². The lowest BCUT2D eigenvalue weighted by Gasteiger charge is -2.23. The largest absolute Gasteiger partial charge is 0.496 e. The van der Waals surface area contributed by atoms with Gasteiger partial charge in [-0.1, -0.05) is 18.2 Å². The van der Waals surface area contributed by atoms with Crippen molar-refractivity contribution in [1.82, 2.24) is 14.9 Å². The molecule has 1 aliphatic rings. The van der Waals surface area contributed by atoms with Crippen molar-refractivity contribution in [1.29, 1.82) is 0 Å². The summed E-state index contributed by atoms with van der Waals surface area (Å²) in [6.07, 6.45) is 6.28. The summed E-state index contributed by atoms with van der Waals surface area (Å²) in [4.78, 5) is 13.0. The second-order valence-corrected chi connectivity index (χ2v) is 7.33. The van der Waals surface area contributed by atoms with Gasteiger partial charge < -0.3 is 4.74 Å². The Balaban J connectivity index is 1.53. The molecule has 1 aromatic carbocycles. The normalized spacial score (nSPS) is 17.7. The third kappa shape index (κ3) is 3.43. The number of nitrogens with zero attached hydrogens (tertiary/aromatic N) is 3. The molecule has 1 aliphatic heterocycles. The molecule has 0 saturated carbocycles. The quantitative estimate of drug-likeness (QED) is 0.676. The molecule has 5 heteroatoms. The van der Waals surface area contributed by atoms with Crippen LogP contribution in [0.1, 0.15) is 29.5 Å². The van der Waals surface area contributed by atoms with Crippen molar-refractivity contribution in [2.24, 2.45) is 0 Å². The number of benzene rings is 1. The molecule has 0 radical (unpaired) electrons. The molecule has 1 saturated heterocycles. The van der Waals surface area contributed by atoms with Gasteiger partial charge in [0.1, 0.15) is 10.8 Å². The summed E-state index contributed by atoms with van der Waals surface area (Å²) in [5.74, 6) is 0.871. The smallest absolute Gasteiger partial charge is 0.129 e. The molecule has 4 nitrogen and oxygen atoms in total. The van der Waals surface area contributed by atoms with Crippen LogP contribution in [-0.4, -0.2) is 28.5 Å². The van der Waals surface area contributed by atoms with E-state index in [0.717, 1.165) is 29.4 Å². The summed E-state index contributed by atoms with van der Waals surface area (Å²) in [5.41, 5.74) is 2.23. The van der Waals surface area contributed by atoms with E-state index in [1.807, 2.05) is 36.7 Å². The van der Waals surface area contributed by atoms with Crippen LogP contribution in [0.3, 0.4) is 0 Å². The highest BCUT2D eigenvalue weighted by atomic mass is 32.1. The van der Waals surface area contributed by atoms with E-state index in [9.17, 15) is 0 Å². The van der Waals surface area contributed by atoms with Crippen LogP contribution < -0.4 is 4.74 Å². The fourth-order valence-corrected chi connectivity index (χ4v) is 4.42. The predicted octanol–water partition coefficient (Wildman–Crippen LogP) is 4.55. The third-order valence-corrected chi connectivity index (χ3v) is 5.66. The SMILES string of the molecule is COc1ccccc1-c1ncc(CN2CCC[C@H]2c2ccccn2)s1. The number of aromatic nitrogens is 2. The van der Waals surface area contributed by atoms with Gasteiger partial charge in [0, 0.05) is 23.8 Å². The molecule has 0 bridgehead atoms. The Bertz CT molecular complexity index is 834. The van der Waals surface area contributed by atoms with Gasteiger partial charge in [0.15, 0.2) is 0 Å². The van der Waals surface area contributed by atoms with Crippen LogP contribution in [0.2, 0.25) is 0 Å². The minimum atomic E-state index is 0.415. The Morgan fingerprint density at radius 3 is 2.88 bits per heavy atom. The molecule has 128 valence electrons. The molecule has 0 spiro atoms. The Morgan fingerprint density at radius 2 is 2.04 bits per heavy atom. The maximum absolute atomic E-state index is 5.47. The first kappa shape index (κ1) is 16.2. The van der Waals surface area contributed by atoms with Gasteiger partial charge >= 0.3 is 0 Å². The van der Waals surface area contributed by atoms with E-state index in [-0.39, 0.29) is 0 Å². The van der Waals surface area contributed by atoms with Crippen molar-refractivity contribution in [2.45, 2.75) is 25.4 Å². The Morgan fingerprint density at radius 1 is 1.16 bits per heavy atom. The lowest BCUT2D eigenvalue weighted by Crippen LogP contribution is -2.22. The first-order chi connectivity index (χ1) is 12.3. The molecule has 0 amide bonds. The molecule has 0 aliphatic carbocycles. The standard InChI is InChI=1S/C20H21N3OS/c1-24-19-10-3-2-7-16(19)20-22-13-15(25-20)14-23-12-6-9-18(23)17-8-4-5-11-21-17/h2-5,7-8,10-11,13,18H,6,9,12,14H2,1H3/t18-/m0/s1. The number of thiazole rings is 1. The summed E-state index contributed by atoms with van der Waals surface area (Å²) in [6.45, 7) is 2.04. The van der Waals surface area contributed by atoms with Crippen molar-refractivity contribution in [2.75, 3.05) is 13.7 Å². The number of pyridine rings is 1. The maximum Gasteiger partial charge on any atom is 0.129 e. The van der Waals surface area contributed by atoms with Crippen LogP contribution in [0.5, 0.6) is 5.75 Å². The minimum Gasteiger partial charge on any atom is -0.496 e. The first-order valence-electron chi connectivity index (χ1n) is 8.58. The van der Waals surface area contributed by atoms with E-state index in [1.165, 1.54) is 23.4 Å². The van der Waals surface area contributed by atoms with E-state index in [2.05, 4.69) is 33.1 Å². The number of para-hydroxylation sites is 1. The second kappa shape index (κ2) is 7.33. The molecule has 4 rings (SSSR count). The molecular weight excluding hydrogens is 330 g/mol. The monoisotopic (exact) mass is 351 g/mol. The van der Waals surface area contributed by atoms with Gasteiger partial charge in [0.05, 0.1) is 24.4 Å². The molecule has 0 unspecified atom stereocenters. The number of hydrogen-bond donors (Lipinski definition) is 0. The van der Waals surface area contributed by atoms with Gasteiger partial charge in [-0.3, -0.25) is 9.88 Å².